The van der Waals surface area contributed by atoms with Crippen molar-refractivity contribution in [3.8, 4) is 0 Å². The first-order valence-electron chi connectivity index (χ1n) is 9.53. The zero-order valence-electron chi connectivity index (χ0n) is 15.1. The number of benzene rings is 1. The maximum absolute atomic E-state index is 13.0. The molecule has 1 saturated heterocycles. The summed E-state index contributed by atoms with van der Waals surface area (Å²) in [6.07, 6.45) is 4.11. The summed E-state index contributed by atoms with van der Waals surface area (Å²) >= 11 is 0. The number of piperazine rings is 1. The van der Waals surface area contributed by atoms with Gasteiger partial charge in [0.15, 0.2) is 0 Å². The topological polar surface area (TPSA) is 52.7 Å². The van der Waals surface area contributed by atoms with Gasteiger partial charge < -0.3 is 10.2 Å². The molecule has 2 fully saturated rings. The smallest absolute Gasteiger partial charge is 0.234 e. The maximum atomic E-state index is 13.0. The van der Waals surface area contributed by atoms with Gasteiger partial charge in [0.2, 0.25) is 11.8 Å². The zero-order valence-corrected chi connectivity index (χ0v) is 15.1. The van der Waals surface area contributed by atoms with Crippen molar-refractivity contribution >= 4 is 11.8 Å². The minimum absolute atomic E-state index is 0.0454. The summed E-state index contributed by atoms with van der Waals surface area (Å²) in [4.78, 5) is 29.0. The van der Waals surface area contributed by atoms with Crippen LogP contribution in [0, 0.1) is 0 Å². The Morgan fingerprint density at radius 2 is 1.80 bits per heavy atom. The van der Waals surface area contributed by atoms with E-state index in [1.54, 1.807) is 0 Å². The van der Waals surface area contributed by atoms with Crippen molar-refractivity contribution < 1.29 is 9.59 Å². The van der Waals surface area contributed by atoms with Crippen LogP contribution in [0.15, 0.2) is 30.3 Å². The molecule has 1 heterocycles. The van der Waals surface area contributed by atoms with E-state index in [4.69, 9.17) is 0 Å². The lowest BCUT2D eigenvalue weighted by Crippen LogP contribution is -2.52. The van der Waals surface area contributed by atoms with Crippen LogP contribution >= 0.6 is 0 Å². The Balaban J connectivity index is 1.51. The standard InChI is InChI=1S/C20H29N3O2/c1-2-6-18(16-7-4-3-5-8-16)20(25)23-13-11-22(12-14-23)15-19(24)21-17-9-10-17/h3-5,7-8,17-18H,2,6,9-15H2,1H3,(H,21,24). The third kappa shape index (κ3) is 5.05. The van der Waals surface area contributed by atoms with Crippen molar-refractivity contribution in [2.75, 3.05) is 32.7 Å². The number of hydrogen-bond acceptors (Lipinski definition) is 3. The lowest BCUT2D eigenvalue weighted by Gasteiger charge is -2.36. The zero-order chi connectivity index (χ0) is 17.6. The lowest BCUT2D eigenvalue weighted by molar-refractivity contribution is -0.135. The number of nitrogens with one attached hydrogen (secondary N) is 1. The van der Waals surface area contributed by atoms with Crippen LogP contribution in [0.4, 0.5) is 0 Å². The Morgan fingerprint density at radius 3 is 2.40 bits per heavy atom. The van der Waals surface area contributed by atoms with Crippen LogP contribution in [-0.4, -0.2) is 60.4 Å². The molecule has 0 spiro atoms. The maximum Gasteiger partial charge on any atom is 0.234 e. The van der Waals surface area contributed by atoms with Crippen molar-refractivity contribution in [2.45, 2.75) is 44.6 Å². The average molecular weight is 343 g/mol. The largest absolute Gasteiger partial charge is 0.352 e. The molecule has 1 aromatic carbocycles. The summed E-state index contributed by atoms with van der Waals surface area (Å²) in [5, 5.41) is 3.03. The van der Waals surface area contributed by atoms with Gasteiger partial charge in [-0.3, -0.25) is 14.5 Å². The number of carbonyl (C=O) groups is 2. The normalized spacial score (nSPS) is 19.5. The molecule has 2 aliphatic rings. The van der Waals surface area contributed by atoms with E-state index in [1.165, 1.54) is 0 Å². The summed E-state index contributed by atoms with van der Waals surface area (Å²) in [6, 6.07) is 10.5. The van der Waals surface area contributed by atoms with E-state index in [1.807, 2.05) is 23.1 Å². The molecule has 1 atom stereocenters. The summed E-state index contributed by atoms with van der Waals surface area (Å²) in [6.45, 7) is 5.55. The molecule has 0 radical (unpaired) electrons. The van der Waals surface area contributed by atoms with Gasteiger partial charge in [0, 0.05) is 32.2 Å². The average Bonchev–Trinajstić information content (AvgIpc) is 3.44. The summed E-state index contributed by atoms with van der Waals surface area (Å²) in [5.41, 5.74) is 1.11. The van der Waals surface area contributed by atoms with Crippen LogP contribution in [0.25, 0.3) is 0 Å². The van der Waals surface area contributed by atoms with E-state index in [0.717, 1.165) is 44.3 Å². The fourth-order valence-electron chi connectivity index (χ4n) is 3.46. The van der Waals surface area contributed by atoms with Crippen molar-refractivity contribution in [3.63, 3.8) is 0 Å². The minimum Gasteiger partial charge on any atom is -0.352 e. The summed E-state index contributed by atoms with van der Waals surface area (Å²) in [5.74, 6) is 0.307. The summed E-state index contributed by atoms with van der Waals surface area (Å²) in [7, 11) is 0. The van der Waals surface area contributed by atoms with E-state index in [0.29, 0.717) is 25.7 Å². The second-order valence-corrected chi connectivity index (χ2v) is 7.20. The molecule has 2 amide bonds. The Hall–Kier alpha value is -1.88. The number of nitrogens with zero attached hydrogens (tertiary/aromatic N) is 2. The molecule has 5 nitrogen and oxygen atoms in total. The van der Waals surface area contributed by atoms with Crippen LogP contribution in [0.5, 0.6) is 0 Å². The fraction of sp³-hybridized carbons (Fsp3) is 0.600. The Morgan fingerprint density at radius 1 is 1.12 bits per heavy atom. The molecule has 1 aliphatic heterocycles. The van der Waals surface area contributed by atoms with Crippen LogP contribution in [0.1, 0.15) is 44.1 Å². The van der Waals surface area contributed by atoms with Crippen molar-refractivity contribution in [1.82, 2.24) is 15.1 Å². The highest BCUT2D eigenvalue weighted by Crippen LogP contribution is 2.24. The number of rotatable bonds is 7. The Kier molecular flexibility index (Phi) is 6.08. The third-order valence-corrected chi connectivity index (χ3v) is 5.07. The molecule has 0 bridgehead atoms. The van der Waals surface area contributed by atoms with E-state index in [-0.39, 0.29) is 17.7 Å². The first-order valence-corrected chi connectivity index (χ1v) is 9.53. The highest BCUT2D eigenvalue weighted by Gasteiger charge is 2.29. The monoisotopic (exact) mass is 343 g/mol. The number of hydrogen-bond donors (Lipinski definition) is 1. The number of amides is 2. The Labute approximate surface area is 150 Å². The van der Waals surface area contributed by atoms with Crippen LogP contribution in [0.3, 0.4) is 0 Å². The third-order valence-electron chi connectivity index (χ3n) is 5.07. The van der Waals surface area contributed by atoms with Gasteiger partial charge in [-0.05, 0) is 24.8 Å². The predicted octanol–water partition coefficient (Wildman–Crippen LogP) is 1.99. The van der Waals surface area contributed by atoms with E-state index in [9.17, 15) is 9.59 Å². The van der Waals surface area contributed by atoms with Gasteiger partial charge in [-0.1, -0.05) is 43.7 Å². The highest BCUT2D eigenvalue weighted by molar-refractivity contribution is 5.84. The van der Waals surface area contributed by atoms with Gasteiger partial charge >= 0.3 is 0 Å². The SMILES string of the molecule is CCCC(C(=O)N1CCN(CC(=O)NC2CC2)CC1)c1ccccc1. The second kappa shape index (κ2) is 8.48. The molecule has 25 heavy (non-hydrogen) atoms. The molecule has 1 N–H and O–H groups in total. The number of carbonyl (C=O) groups excluding carboxylic acids is 2. The van der Waals surface area contributed by atoms with Gasteiger partial charge in [-0.25, -0.2) is 0 Å². The van der Waals surface area contributed by atoms with Crippen molar-refractivity contribution in [3.05, 3.63) is 35.9 Å². The minimum atomic E-state index is -0.0454. The molecular weight excluding hydrogens is 314 g/mol. The van der Waals surface area contributed by atoms with E-state index in [2.05, 4.69) is 29.3 Å². The van der Waals surface area contributed by atoms with E-state index >= 15 is 0 Å². The van der Waals surface area contributed by atoms with Crippen molar-refractivity contribution in [2.24, 2.45) is 0 Å². The Bertz CT molecular complexity index is 578. The predicted molar refractivity (Wildman–Crippen MR) is 98.3 cm³/mol. The molecule has 5 heteroatoms. The molecule has 1 unspecified atom stereocenters. The fourth-order valence-corrected chi connectivity index (χ4v) is 3.46. The molecule has 1 aliphatic carbocycles. The van der Waals surface area contributed by atoms with Crippen LogP contribution in [-0.2, 0) is 9.59 Å². The molecule has 1 aromatic rings. The highest BCUT2D eigenvalue weighted by atomic mass is 16.2. The molecule has 1 saturated carbocycles. The molecular formula is C20H29N3O2. The second-order valence-electron chi connectivity index (χ2n) is 7.20. The quantitative estimate of drug-likeness (QED) is 0.824. The van der Waals surface area contributed by atoms with Gasteiger partial charge in [-0.15, -0.1) is 0 Å². The first-order chi connectivity index (χ1) is 12.2. The van der Waals surface area contributed by atoms with Crippen LogP contribution in [0.2, 0.25) is 0 Å². The lowest BCUT2D eigenvalue weighted by atomic mass is 9.93. The molecule has 0 aromatic heterocycles. The van der Waals surface area contributed by atoms with Crippen LogP contribution < -0.4 is 5.32 Å². The van der Waals surface area contributed by atoms with Crippen molar-refractivity contribution in [1.29, 1.82) is 0 Å². The first kappa shape index (κ1) is 17.9. The van der Waals surface area contributed by atoms with Gasteiger partial charge in [0.25, 0.3) is 0 Å². The van der Waals surface area contributed by atoms with E-state index < -0.39 is 0 Å². The van der Waals surface area contributed by atoms with Gasteiger partial charge in [0.05, 0.1) is 12.5 Å². The molecule has 3 rings (SSSR count). The summed E-state index contributed by atoms with van der Waals surface area (Å²) < 4.78 is 0. The van der Waals surface area contributed by atoms with Gasteiger partial charge in [-0.2, -0.15) is 0 Å². The molecule has 136 valence electrons. The van der Waals surface area contributed by atoms with Gasteiger partial charge in [0.1, 0.15) is 0 Å².